The molecule has 2 aromatic heterocycles. The van der Waals surface area contributed by atoms with E-state index in [4.69, 9.17) is 4.98 Å². The number of aromatic nitrogens is 4. The van der Waals surface area contributed by atoms with Crippen molar-refractivity contribution in [3.63, 3.8) is 0 Å². The Morgan fingerprint density at radius 2 is 1.91 bits per heavy atom. The summed E-state index contributed by atoms with van der Waals surface area (Å²) in [5.74, 6) is 1.73. The molecular weight excluding hydrogens is 274 g/mol. The monoisotopic (exact) mass is 291 g/mol. The number of aryl methyl sites for hydroxylation is 1. The lowest BCUT2D eigenvalue weighted by Gasteiger charge is -2.27. The SMILES string of the molecule is Cn1cnc2c1CCN(c1ccnc(-c3ccccc3)n1)C2. The minimum absolute atomic E-state index is 0.768. The first-order chi connectivity index (χ1) is 10.8. The molecule has 3 aromatic rings. The lowest BCUT2D eigenvalue weighted by Crippen LogP contribution is -2.31. The smallest absolute Gasteiger partial charge is 0.161 e. The predicted octanol–water partition coefficient (Wildman–Crippen LogP) is 2.44. The van der Waals surface area contributed by atoms with Crippen molar-refractivity contribution in [1.82, 2.24) is 19.5 Å². The summed E-state index contributed by atoms with van der Waals surface area (Å²) in [4.78, 5) is 15.9. The van der Waals surface area contributed by atoms with Gasteiger partial charge in [0.1, 0.15) is 5.82 Å². The molecule has 1 aromatic carbocycles. The largest absolute Gasteiger partial charge is 0.350 e. The van der Waals surface area contributed by atoms with Crippen molar-refractivity contribution in [1.29, 1.82) is 0 Å². The third-order valence-electron chi connectivity index (χ3n) is 4.10. The molecule has 4 rings (SSSR count). The van der Waals surface area contributed by atoms with Gasteiger partial charge < -0.3 is 9.47 Å². The van der Waals surface area contributed by atoms with E-state index >= 15 is 0 Å². The Labute approximate surface area is 129 Å². The standard InChI is InChI=1S/C17H17N5/c1-21-12-19-14-11-22(10-8-15(14)21)16-7-9-18-17(20-16)13-5-3-2-4-6-13/h2-7,9,12H,8,10-11H2,1H3. The summed E-state index contributed by atoms with van der Waals surface area (Å²) in [5, 5.41) is 0. The van der Waals surface area contributed by atoms with Gasteiger partial charge in [-0.25, -0.2) is 15.0 Å². The van der Waals surface area contributed by atoms with Gasteiger partial charge in [-0.2, -0.15) is 0 Å². The van der Waals surface area contributed by atoms with Crippen molar-refractivity contribution in [2.24, 2.45) is 7.05 Å². The molecular formula is C17H17N5. The fraction of sp³-hybridized carbons (Fsp3) is 0.235. The molecule has 1 aliphatic rings. The van der Waals surface area contributed by atoms with Crippen LogP contribution in [0.5, 0.6) is 0 Å². The molecule has 0 radical (unpaired) electrons. The van der Waals surface area contributed by atoms with E-state index in [-0.39, 0.29) is 0 Å². The zero-order chi connectivity index (χ0) is 14.9. The molecule has 0 saturated heterocycles. The Kier molecular flexibility index (Phi) is 3.11. The number of nitrogens with zero attached hydrogens (tertiary/aromatic N) is 5. The van der Waals surface area contributed by atoms with E-state index in [1.54, 1.807) is 0 Å². The summed E-state index contributed by atoms with van der Waals surface area (Å²) in [5.41, 5.74) is 3.52. The fourth-order valence-electron chi connectivity index (χ4n) is 2.90. The van der Waals surface area contributed by atoms with Crippen LogP contribution in [-0.2, 0) is 20.0 Å². The molecule has 110 valence electrons. The van der Waals surface area contributed by atoms with Crippen LogP contribution in [0.15, 0.2) is 48.9 Å². The van der Waals surface area contributed by atoms with Crippen LogP contribution in [-0.4, -0.2) is 26.1 Å². The van der Waals surface area contributed by atoms with Gasteiger partial charge in [0.15, 0.2) is 5.82 Å². The Morgan fingerprint density at radius 3 is 2.77 bits per heavy atom. The number of anilines is 1. The van der Waals surface area contributed by atoms with Gasteiger partial charge >= 0.3 is 0 Å². The Hall–Kier alpha value is -2.69. The highest BCUT2D eigenvalue weighted by Crippen LogP contribution is 2.23. The lowest BCUT2D eigenvalue weighted by atomic mass is 10.1. The van der Waals surface area contributed by atoms with Crippen LogP contribution in [0.25, 0.3) is 11.4 Å². The molecule has 5 nitrogen and oxygen atoms in total. The summed E-state index contributed by atoms with van der Waals surface area (Å²) in [6, 6.07) is 12.1. The minimum atomic E-state index is 0.768. The fourth-order valence-corrected chi connectivity index (χ4v) is 2.90. The van der Waals surface area contributed by atoms with Gasteiger partial charge in [-0.3, -0.25) is 0 Å². The molecule has 1 aliphatic heterocycles. The summed E-state index contributed by atoms with van der Waals surface area (Å²) >= 11 is 0. The highest BCUT2D eigenvalue weighted by Gasteiger charge is 2.21. The summed E-state index contributed by atoms with van der Waals surface area (Å²) in [7, 11) is 2.06. The second-order valence-corrected chi connectivity index (χ2v) is 5.52. The van der Waals surface area contributed by atoms with Gasteiger partial charge in [0.05, 0.1) is 18.6 Å². The maximum atomic E-state index is 4.73. The van der Waals surface area contributed by atoms with E-state index < -0.39 is 0 Å². The highest BCUT2D eigenvalue weighted by molar-refractivity contribution is 5.57. The van der Waals surface area contributed by atoms with Crippen LogP contribution >= 0.6 is 0 Å². The lowest BCUT2D eigenvalue weighted by molar-refractivity contribution is 0.675. The van der Waals surface area contributed by atoms with Crippen molar-refractivity contribution in [2.75, 3.05) is 11.4 Å². The third kappa shape index (κ3) is 2.24. The van der Waals surface area contributed by atoms with Gasteiger partial charge in [0.2, 0.25) is 0 Å². The zero-order valence-electron chi connectivity index (χ0n) is 12.5. The molecule has 0 atom stereocenters. The van der Waals surface area contributed by atoms with Gasteiger partial charge in [0.25, 0.3) is 0 Å². The minimum Gasteiger partial charge on any atom is -0.350 e. The number of rotatable bonds is 2. The van der Waals surface area contributed by atoms with E-state index in [1.165, 1.54) is 5.69 Å². The van der Waals surface area contributed by atoms with Crippen molar-refractivity contribution in [3.8, 4) is 11.4 Å². The summed E-state index contributed by atoms with van der Waals surface area (Å²) in [6.45, 7) is 1.76. The number of hydrogen-bond donors (Lipinski definition) is 0. The average Bonchev–Trinajstić information content (AvgIpc) is 2.96. The topological polar surface area (TPSA) is 46.8 Å². The third-order valence-corrected chi connectivity index (χ3v) is 4.10. The van der Waals surface area contributed by atoms with Gasteiger partial charge in [-0.15, -0.1) is 0 Å². The first-order valence-corrected chi connectivity index (χ1v) is 7.44. The maximum absolute atomic E-state index is 4.73. The van der Waals surface area contributed by atoms with Crippen molar-refractivity contribution in [2.45, 2.75) is 13.0 Å². The molecule has 0 N–H and O–H groups in total. The molecule has 0 saturated carbocycles. The van der Waals surface area contributed by atoms with E-state index in [1.807, 2.05) is 48.9 Å². The first-order valence-electron chi connectivity index (χ1n) is 7.44. The van der Waals surface area contributed by atoms with Crippen LogP contribution in [0.1, 0.15) is 11.4 Å². The van der Waals surface area contributed by atoms with Crippen molar-refractivity contribution in [3.05, 3.63) is 60.3 Å². The molecule has 0 spiro atoms. The van der Waals surface area contributed by atoms with Crippen molar-refractivity contribution < 1.29 is 0 Å². The summed E-state index contributed by atoms with van der Waals surface area (Å²) < 4.78 is 2.11. The van der Waals surface area contributed by atoms with Crippen LogP contribution in [0.2, 0.25) is 0 Å². The quantitative estimate of drug-likeness (QED) is 0.727. The number of fused-ring (bicyclic) bond motifs is 1. The van der Waals surface area contributed by atoms with E-state index in [0.29, 0.717) is 0 Å². The highest BCUT2D eigenvalue weighted by atomic mass is 15.2. The molecule has 0 bridgehead atoms. The number of imidazole rings is 1. The molecule has 0 fully saturated rings. The second kappa shape index (κ2) is 5.26. The maximum Gasteiger partial charge on any atom is 0.161 e. The van der Waals surface area contributed by atoms with E-state index in [2.05, 4.69) is 26.5 Å². The normalized spacial score (nSPS) is 14.0. The molecule has 5 heteroatoms. The second-order valence-electron chi connectivity index (χ2n) is 5.52. The van der Waals surface area contributed by atoms with Gasteiger partial charge in [-0.05, 0) is 6.07 Å². The Bertz CT molecular complexity index is 794. The van der Waals surface area contributed by atoms with Gasteiger partial charge in [-0.1, -0.05) is 30.3 Å². The first kappa shape index (κ1) is 13.0. The molecule has 0 amide bonds. The van der Waals surface area contributed by atoms with E-state index in [0.717, 1.165) is 42.4 Å². The van der Waals surface area contributed by atoms with Crippen LogP contribution in [0.4, 0.5) is 5.82 Å². The Morgan fingerprint density at radius 1 is 1.05 bits per heavy atom. The summed E-state index contributed by atoms with van der Waals surface area (Å²) in [6.07, 6.45) is 4.72. The average molecular weight is 291 g/mol. The molecule has 0 aliphatic carbocycles. The number of hydrogen-bond acceptors (Lipinski definition) is 4. The van der Waals surface area contributed by atoms with Crippen molar-refractivity contribution >= 4 is 5.82 Å². The zero-order valence-corrected chi connectivity index (χ0v) is 12.5. The van der Waals surface area contributed by atoms with Crippen LogP contribution < -0.4 is 4.90 Å². The number of benzene rings is 1. The molecule has 22 heavy (non-hydrogen) atoms. The predicted molar refractivity (Wildman–Crippen MR) is 85.4 cm³/mol. The van der Waals surface area contributed by atoms with E-state index in [9.17, 15) is 0 Å². The van der Waals surface area contributed by atoms with Crippen LogP contribution in [0, 0.1) is 0 Å². The Balaban J connectivity index is 1.64. The molecule has 3 heterocycles. The van der Waals surface area contributed by atoms with Gasteiger partial charge in [0, 0.05) is 37.5 Å². The molecule has 0 unspecified atom stereocenters. The van der Waals surface area contributed by atoms with Crippen LogP contribution in [0.3, 0.4) is 0 Å².